The van der Waals surface area contributed by atoms with Crippen molar-refractivity contribution in [3.8, 4) is 5.75 Å². The molecule has 0 saturated carbocycles. The highest BCUT2D eigenvalue weighted by Gasteiger charge is 2.32. The Hall–Kier alpha value is -6.16. The Morgan fingerprint density at radius 2 is 1.16 bits per heavy atom. The fraction of sp³-hybridized carbons (Fsp3) is 0.244. The zero-order chi connectivity index (χ0) is 45.2. The molecule has 0 bridgehead atoms. The van der Waals surface area contributed by atoms with E-state index >= 15 is 0 Å². The highest BCUT2D eigenvalue weighted by atomic mass is 35.5. The summed E-state index contributed by atoms with van der Waals surface area (Å²) in [5.74, 6) is -3.59. The second kappa shape index (κ2) is 21.1. The van der Waals surface area contributed by atoms with Crippen LogP contribution in [-0.2, 0) is 22.6 Å². The molecule has 0 radical (unpaired) electrons. The van der Waals surface area contributed by atoms with Crippen LogP contribution < -0.4 is 14.5 Å². The molecule has 5 aromatic rings. The van der Waals surface area contributed by atoms with Crippen LogP contribution in [0, 0.1) is 30.2 Å². The number of carbonyl (C=O) groups is 4. The van der Waals surface area contributed by atoms with Crippen LogP contribution >= 0.6 is 23.2 Å². The molecule has 326 valence electrons. The van der Waals surface area contributed by atoms with Gasteiger partial charge >= 0.3 is 24.1 Å². The fourth-order valence-corrected chi connectivity index (χ4v) is 6.89. The fourth-order valence-electron chi connectivity index (χ4n) is 6.36. The van der Waals surface area contributed by atoms with E-state index in [1.807, 2.05) is 25.9 Å². The molecule has 1 aliphatic heterocycles. The quantitative estimate of drug-likeness (QED) is 0.101. The number of rotatable bonds is 10. The second-order valence-corrected chi connectivity index (χ2v) is 15.1. The Labute approximate surface area is 365 Å². The molecule has 0 spiro atoms. The highest BCUT2D eigenvalue weighted by Crippen LogP contribution is 2.32. The Bertz CT molecular complexity index is 2440. The van der Waals surface area contributed by atoms with Crippen molar-refractivity contribution in [2.45, 2.75) is 32.5 Å². The molecule has 1 aliphatic rings. The molecule has 1 saturated heterocycles. The molecule has 0 N–H and O–H groups in total. The SMILES string of the molecule is COC(=O)c1ccc(CN(C(=O)N2CC[C@H](N(C)C)C2)c2ccc(F)cc2Cl)c(F)c1.COC(=O)c1ccc(CN(C(=O)Oc2ccc(C)cc2)c2ccc(F)cc2Cl)c(F)c1. The van der Waals surface area contributed by atoms with E-state index in [0.29, 0.717) is 13.1 Å². The zero-order valence-electron chi connectivity index (χ0n) is 34.3. The lowest BCUT2D eigenvalue weighted by Crippen LogP contribution is -2.43. The minimum atomic E-state index is -0.839. The van der Waals surface area contributed by atoms with Gasteiger partial charge in [0.1, 0.15) is 29.0 Å². The first kappa shape index (κ1) is 46.9. The first-order valence-corrected chi connectivity index (χ1v) is 19.7. The summed E-state index contributed by atoms with van der Waals surface area (Å²) in [6.07, 6.45) is -0.0276. The van der Waals surface area contributed by atoms with Gasteiger partial charge in [-0.25, -0.2) is 36.7 Å². The van der Waals surface area contributed by atoms with E-state index in [1.54, 1.807) is 29.2 Å². The van der Waals surface area contributed by atoms with E-state index in [0.717, 1.165) is 47.2 Å². The molecule has 11 nitrogen and oxygen atoms in total. The number of esters is 2. The van der Waals surface area contributed by atoms with E-state index in [-0.39, 0.29) is 74.6 Å². The van der Waals surface area contributed by atoms with Gasteiger partial charge in [0.25, 0.3) is 0 Å². The van der Waals surface area contributed by atoms with Gasteiger partial charge in [0.05, 0.1) is 59.9 Å². The maximum atomic E-state index is 14.7. The smallest absolute Gasteiger partial charge is 0.420 e. The van der Waals surface area contributed by atoms with Gasteiger partial charge in [0.15, 0.2) is 0 Å². The number of ether oxygens (including phenoxy) is 3. The number of likely N-dealkylation sites (N-methyl/N-ethyl adjacent to an activating group) is 1. The monoisotopic (exact) mass is 896 g/mol. The van der Waals surface area contributed by atoms with E-state index in [9.17, 15) is 36.7 Å². The zero-order valence-corrected chi connectivity index (χ0v) is 35.8. The Morgan fingerprint density at radius 3 is 1.60 bits per heavy atom. The molecule has 1 fully saturated rings. The van der Waals surface area contributed by atoms with Crippen LogP contribution in [0.4, 0.5) is 38.5 Å². The van der Waals surface area contributed by atoms with Crippen molar-refractivity contribution in [2.24, 2.45) is 0 Å². The van der Waals surface area contributed by atoms with Gasteiger partial charge < -0.3 is 24.0 Å². The van der Waals surface area contributed by atoms with Crippen molar-refractivity contribution in [3.63, 3.8) is 0 Å². The Morgan fingerprint density at radius 1 is 0.677 bits per heavy atom. The molecule has 1 atom stereocenters. The predicted octanol–water partition coefficient (Wildman–Crippen LogP) is 10.1. The molecule has 5 aromatic carbocycles. The van der Waals surface area contributed by atoms with Crippen LogP contribution in [0.2, 0.25) is 10.0 Å². The number of methoxy groups -OCH3 is 2. The maximum absolute atomic E-state index is 14.7. The summed E-state index contributed by atoms with van der Waals surface area (Å²) in [4.78, 5) is 55.7. The Kier molecular flexibility index (Phi) is 15.9. The predicted molar refractivity (Wildman–Crippen MR) is 227 cm³/mol. The van der Waals surface area contributed by atoms with Gasteiger partial charge in [0, 0.05) is 30.3 Å². The van der Waals surface area contributed by atoms with E-state index in [1.165, 1.54) is 61.6 Å². The maximum Gasteiger partial charge on any atom is 0.420 e. The number of amides is 3. The normalized spacial score (nSPS) is 13.2. The van der Waals surface area contributed by atoms with Crippen LogP contribution in [0.3, 0.4) is 0 Å². The van der Waals surface area contributed by atoms with Gasteiger partial charge in [-0.3, -0.25) is 9.80 Å². The number of aryl methyl sites for hydroxylation is 1. The third-order valence-corrected chi connectivity index (χ3v) is 10.5. The third kappa shape index (κ3) is 11.8. The molecular formula is C45H42Cl2F4N4O7. The highest BCUT2D eigenvalue weighted by molar-refractivity contribution is 6.34. The number of anilines is 2. The van der Waals surface area contributed by atoms with E-state index in [2.05, 4.69) is 9.47 Å². The van der Waals surface area contributed by atoms with Crippen molar-refractivity contribution in [2.75, 3.05) is 51.2 Å². The average Bonchev–Trinajstić information content (AvgIpc) is 3.75. The molecule has 62 heavy (non-hydrogen) atoms. The average molecular weight is 898 g/mol. The third-order valence-electron chi connectivity index (χ3n) is 9.85. The molecule has 0 unspecified atom stereocenters. The van der Waals surface area contributed by atoms with Crippen LogP contribution in [0.5, 0.6) is 5.75 Å². The summed E-state index contributed by atoms with van der Waals surface area (Å²) in [6, 6.07) is 21.5. The van der Waals surface area contributed by atoms with Gasteiger partial charge in [-0.15, -0.1) is 0 Å². The minimum Gasteiger partial charge on any atom is -0.465 e. The molecule has 3 amide bonds. The lowest BCUT2D eigenvalue weighted by Gasteiger charge is -2.29. The van der Waals surface area contributed by atoms with Gasteiger partial charge in [0.2, 0.25) is 0 Å². The summed E-state index contributed by atoms with van der Waals surface area (Å²) in [5, 5.41) is -0.00394. The van der Waals surface area contributed by atoms with Crippen LogP contribution in [0.1, 0.15) is 43.8 Å². The summed E-state index contributed by atoms with van der Waals surface area (Å²) in [5.41, 5.74) is 1.76. The van der Waals surface area contributed by atoms with Crippen LogP contribution in [0.15, 0.2) is 97.1 Å². The molecular weight excluding hydrogens is 855 g/mol. The number of urea groups is 1. The van der Waals surface area contributed by atoms with E-state index < -0.39 is 41.3 Å². The van der Waals surface area contributed by atoms with Crippen molar-refractivity contribution in [1.82, 2.24) is 9.80 Å². The molecule has 0 aromatic heterocycles. The van der Waals surface area contributed by atoms with Crippen molar-refractivity contribution < 1.29 is 51.0 Å². The van der Waals surface area contributed by atoms with E-state index in [4.69, 9.17) is 27.9 Å². The molecule has 0 aliphatic carbocycles. The topological polar surface area (TPSA) is 109 Å². The standard InChI is InChI=1S/C23H18ClF2NO4.C22H24ClF2N3O3/c1-14-3-8-18(9-4-14)31-23(29)27(21-10-7-17(25)12-19(21)24)13-16-6-5-15(11-20(16)26)22(28)30-2;1-26(2)17-8-9-27(13-17)22(30)28(20-7-6-16(24)11-18(20)23)12-15-5-4-14(10-19(15)25)21(29)31-3/h3-12H,13H2,1-2H3;4-7,10-11,17H,8-9,12-13H2,1-3H3/t;17-/m.0/s1. The lowest BCUT2D eigenvalue weighted by atomic mass is 10.1. The number of hydrogen-bond acceptors (Lipinski definition) is 8. The van der Waals surface area contributed by atoms with Crippen LogP contribution in [-0.4, -0.2) is 81.3 Å². The summed E-state index contributed by atoms with van der Waals surface area (Å²) < 4.78 is 71.1. The summed E-state index contributed by atoms with van der Waals surface area (Å²) >= 11 is 12.4. The van der Waals surface area contributed by atoms with Gasteiger partial charge in [-0.2, -0.15) is 0 Å². The number of halogens is 6. The molecule has 1 heterocycles. The number of benzene rings is 5. The first-order chi connectivity index (χ1) is 29.5. The van der Waals surface area contributed by atoms with Gasteiger partial charge in [-0.1, -0.05) is 53.0 Å². The number of nitrogens with zero attached hydrogens (tertiary/aromatic N) is 4. The van der Waals surface area contributed by atoms with Crippen molar-refractivity contribution in [1.29, 1.82) is 0 Å². The number of likely N-dealkylation sites (tertiary alicyclic amines) is 1. The number of carbonyl (C=O) groups excluding carboxylic acids is 4. The Balaban J connectivity index is 0.000000234. The second-order valence-electron chi connectivity index (χ2n) is 14.3. The molecule has 6 rings (SSSR count). The van der Waals surface area contributed by atoms with Crippen molar-refractivity contribution >= 4 is 58.6 Å². The minimum absolute atomic E-state index is 0.0253. The van der Waals surface area contributed by atoms with Gasteiger partial charge in [-0.05, 0) is 100 Å². The van der Waals surface area contributed by atoms with Crippen molar-refractivity contribution in [3.05, 3.63) is 158 Å². The molecule has 17 heteroatoms. The first-order valence-electron chi connectivity index (χ1n) is 18.9. The summed E-state index contributed by atoms with van der Waals surface area (Å²) in [6.45, 7) is 2.53. The summed E-state index contributed by atoms with van der Waals surface area (Å²) in [7, 11) is 6.30. The largest absolute Gasteiger partial charge is 0.465 e. The van der Waals surface area contributed by atoms with Crippen LogP contribution in [0.25, 0.3) is 0 Å². The lowest BCUT2D eigenvalue weighted by molar-refractivity contribution is 0.0591. The number of hydrogen-bond donors (Lipinski definition) is 0.